The molecule has 0 bridgehead atoms. The maximum Gasteiger partial charge on any atom is 0.337 e. The number of benzene rings is 2. The van der Waals surface area contributed by atoms with Gasteiger partial charge in [0.1, 0.15) is 6.04 Å². The maximum absolute atomic E-state index is 12.4. The number of nitrogens with zero attached hydrogens (tertiary/aromatic N) is 1. The maximum atomic E-state index is 12.4. The SMILES string of the molecule is COC(=O)c1ccc(-c2ccc(CN3[C@@H](C(=O)NO)CCCS3(=O)=O)cc2)cc1. The molecule has 2 aromatic carbocycles. The highest BCUT2D eigenvalue weighted by Crippen LogP contribution is 2.25. The Balaban J connectivity index is 1.79. The molecule has 1 heterocycles. The minimum absolute atomic E-state index is 0.0210. The Hall–Kier alpha value is -2.75. The zero-order chi connectivity index (χ0) is 21.0. The van der Waals surface area contributed by atoms with E-state index in [1.54, 1.807) is 41.9 Å². The fourth-order valence-electron chi connectivity index (χ4n) is 3.36. The third-order valence-corrected chi connectivity index (χ3v) is 6.83. The molecule has 1 atom stereocenters. The highest BCUT2D eigenvalue weighted by molar-refractivity contribution is 7.89. The van der Waals surface area contributed by atoms with Crippen molar-refractivity contribution in [1.29, 1.82) is 0 Å². The minimum Gasteiger partial charge on any atom is -0.465 e. The summed E-state index contributed by atoms with van der Waals surface area (Å²) < 4.78 is 30.7. The number of hydrogen-bond donors (Lipinski definition) is 2. The van der Waals surface area contributed by atoms with E-state index in [0.29, 0.717) is 18.4 Å². The number of hydrogen-bond acceptors (Lipinski definition) is 6. The van der Waals surface area contributed by atoms with Crippen LogP contribution < -0.4 is 5.48 Å². The lowest BCUT2D eigenvalue weighted by Gasteiger charge is -2.33. The zero-order valence-electron chi connectivity index (χ0n) is 15.9. The van der Waals surface area contributed by atoms with Crippen LogP contribution in [0.15, 0.2) is 48.5 Å². The molecule has 3 rings (SSSR count). The van der Waals surface area contributed by atoms with Crippen molar-refractivity contribution in [3.63, 3.8) is 0 Å². The second kappa shape index (κ2) is 8.73. The monoisotopic (exact) mass is 418 g/mol. The molecule has 29 heavy (non-hydrogen) atoms. The first-order valence-electron chi connectivity index (χ1n) is 9.07. The lowest BCUT2D eigenvalue weighted by atomic mass is 10.0. The van der Waals surface area contributed by atoms with Crippen LogP contribution in [-0.2, 0) is 26.1 Å². The number of rotatable bonds is 5. The van der Waals surface area contributed by atoms with E-state index in [0.717, 1.165) is 21.0 Å². The Bertz CT molecular complexity index is 987. The third kappa shape index (κ3) is 4.64. The summed E-state index contributed by atoms with van der Waals surface area (Å²) in [6.07, 6.45) is 0.730. The molecule has 154 valence electrons. The zero-order valence-corrected chi connectivity index (χ0v) is 16.7. The van der Waals surface area contributed by atoms with Crippen LogP contribution >= 0.6 is 0 Å². The summed E-state index contributed by atoms with van der Waals surface area (Å²) in [6.45, 7) is 0.0436. The van der Waals surface area contributed by atoms with Crippen LogP contribution in [-0.4, -0.2) is 48.7 Å². The number of hydroxylamine groups is 1. The van der Waals surface area contributed by atoms with E-state index in [-0.39, 0.29) is 12.3 Å². The van der Waals surface area contributed by atoms with Crippen molar-refractivity contribution >= 4 is 21.9 Å². The molecule has 1 aliphatic rings. The van der Waals surface area contributed by atoms with Crippen LogP contribution in [0.2, 0.25) is 0 Å². The van der Waals surface area contributed by atoms with E-state index in [4.69, 9.17) is 5.21 Å². The van der Waals surface area contributed by atoms with Crippen molar-refractivity contribution in [2.45, 2.75) is 25.4 Å². The van der Waals surface area contributed by atoms with Crippen molar-refractivity contribution in [1.82, 2.24) is 9.79 Å². The number of sulfonamides is 1. The number of carbonyl (C=O) groups excluding carboxylic acids is 2. The molecular weight excluding hydrogens is 396 g/mol. The Kier molecular flexibility index (Phi) is 6.31. The molecule has 2 N–H and O–H groups in total. The van der Waals surface area contributed by atoms with Gasteiger partial charge in [0.25, 0.3) is 5.91 Å². The van der Waals surface area contributed by atoms with Crippen LogP contribution in [0.3, 0.4) is 0 Å². The molecule has 1 amide bonds. The van der Waals surface area contributed by atoms with Crippen molar-refractivity contribution < 1.29 is 28.0 Å². The van der Waals surface area contributed by atoms with Crippen molar-refractivity contribution in [2.24, 2.45) is 0 Å². The molecule has 0 radical (unpaired) electrons. The summed E-state index contributed by atoms with van der Waals surface area (Å²) in [5.74, 6) is -1.15. The van der Waals surface area contributed by atoms with Gasteiger partial charge in [-0.2, -0.15) is 4.31 Å². The van der Waals surface area contributed by atoms with Gasteiger partial charge in [0.2, 0.25) is 10.0 Å². The summed E-state index contributed by atoms with van der Waals surface area (Å²) >= 11 is 0. The average Bonchev–Trinajstić information content (AvgIpc) is 2.74. The fraction of sp³-hybridized carbons (Fsp3) is 0.300. The van der Waals surface area contributed by atoms with Gasteiger partial charge < -0.3 is 4.74 Å². The quantitative estimate of drug-likeness (QED) is 0.436. The minimum atomic E-state index is -3.59. The van der Waals surface area contributed by atoms with Gasteiger partial charge in [-0.1, -0.05) is 36.4 Å². The van der Waals surface area contributed by atoms with E-state index < -0.39 is 27.9 Å². The van der Waals surface area contributed by atoms with Gasteiger partial charge in [-0.05, 0) is 41.7 Å². The molecule has 0 aliphatic carbocycles. The van der Waals surface area contributed by atoms with E-state index in [1.165, 1.54) is 7.11 Å². The summed E-state index contributed by atoms with van der Waals surface area (Å²) in [5.41, 5.74) is 4.53. The molecule has 9 heteroatoms. The number of nitrogens with one attached hydrogen (secondary N) is 1. The Labute approximate surface area is 169 Å². The molecule has 0 aromatic heterocycles. The fourth-order valence-corrected chi connectivity index (χ4v) is 5.06. The predicted molar refractivity (Wildman–Crippen MR) is 105 cm³/mol. The van der Waals surface area contributed by atoms with Crippen molar-refractivity contribution in [3.05, 3.63) is 59.7 Å². The number of esters is 1. The lowest BCUT2D eigenvalue weighted by molar-refractivity contribution is -0.133. The second-order valence-corrected chi connectivity index (χ2v) is 8.80. The predicted octanol–water partition coefficient (Wildman–Crippen LogP) is 1.94. The van der Waals surface area contributed by atoms with Gasteiger partial charge in [0.05, 0.1) is 18.4 Å². The number of ether oxygens (including phenoxy) is 1. The topological polar surface area (TPSA) is 113 Å². The highest BCUT2D eigenvalue weighted by atomic mass is 32.2. The Morgan fingerprint density at radius 1 is 1.10 bits per heavy atom. The normalized spacial score (nSPS) is 18.8. The largest absolute Gasteiger partial charge is 0.465 e. The van der Waals surface area contributed by atoms with Crippen LogP contribution in [0.5, 0.6) is 0 Å². The summed E-state index contributed by atoms with van der Waals surface area (Å²) in [7, 11) is -2.26. The number of carbonyl (C=O) groups is 2. The third-order valence-electron chi connectivity index (χ3n) is 4.93. The van der Waals surface area contributed by atoms with Gasteiger partial charge in [-0.15, -0.1) is 0 Å². The van der Waals surface area contributed by atoms with Gasteiger partial charge in [-0.25, -0.2) is 18.7 Å². The first kappa shape index (κ1) is 21.0. The van der Waals surface area contributed by atoms with Gasteiger partial charge in [0, 0.05) is 6.54 Å². The van der Waals surface area contributed by atoms with E-state index in [2.05, 4.69) is 4.74 Å². The highest BCUT2D eigenvalue weighted by Gasteiger charge is 2.38. The van der Waals surface area contributed by atoms with E-state index in [9.17, 15) is 18.0 Å². The summed E-state index contributed by atoms with van der Waals surface area (Å²) in [4.78, 5) is 23.4. The molecule has 1 fully saturated rings. The van der Waals surface area contributed by atoms with Crippen molar-refractivity contribution in [2.75, 3.05) is 12.9 Å². The molecule has 1 aliphatic heterocycles. The van der Waals surface area contributed by atoms with E-state index >= 15 is 0 Å². The van der Waals surface area contributed by atoms with Crippen LogP contribution in [0, 0.1) is 0 Å². The van der Waals surface area contributed by atoms with Gasteiger partial charge >= 0.3 is 5.97 Å². The average molecular weight is 418 g/mol. The first-order valence-corrected chi connectivity index (χ1v) is 10.7. The van der Waals surface area contributed by atoms with Gasteiger partial charge in [0.15, 0.2) is 0 Å². The number of amides is 1. The lowest BCUT2D eigenvalue weighted by Crippen LogP contribution is -2.51. The van der Waals surface area contributed by atoms with Crippen LogP contribution in [0.1, 0.15) is 28.8 Å². The standard InChI is InChI=1S/C20H22N2O6S/c1-28-20(24)17-10-8-16(9-11-17)15-6-4-14(5-7-15)13-22-18(19(23)21-25)3-2-12-29(22,26)27/h4-11,18,25H,2-3,12-13H2,1H3,(H,21,23)/t18-/m1/s1. The van der Waals surface area contributed by atoms with Gasteiger partial charge in [-0.3, -0.25) is 10.0 Å². The summed E-state index contributed by atoms with van der Waals surface area (Å²) in [6, 6.07) is 13.3. The molecule has 8 nitrogen and oxygen atoms in total. The smallest absolute Gasteiger partial charge is 0.337 e. The molecule has 0 unspecified atom stereocenters. The Morgan fingerprint density at radius 3 is 2.24 bits per heavy atom. The molecule has 2 aromatic rings. The molecule has 0 spiro atoms. The van der Waals surface area contributed by atoms with Crippen LogP contribution in [0.25, 0.3) is 11.1 Å². The molecular formula is C20H22N2O6S. The number of methoxy groups -OCH3 is 1. The Morgan fingerprint density at radius 2 is 1.69 bits per heavy atom. The van der Waals surface area contributed by atoms with Crippen molar-refractivity contribution in [3.8, 4) is 11.1 Å². The molecule has 0 saturated carbocycles. The molecule has 1 saturated heterocycles. The van der Waals surface area contributed by atoms with E-state index in [1.807, 2.05) is 12.1 Å². The van der Waals surface area contributed by atoms with Crippen LogP contribution in [0.4, 0.5) is 0 Å². The second-order valence-electron chi connectivity index (χ2n) is 6.76. The first-order chi connectivity index (χ1) is 13.9. The summed E-state index contributed by atoms with van der Waals surface area (Å²) in [5, 5.41) is 8.92.